The summed E-state index contributed by atoms with van der Waals surface area (Å²) in [6.45, 7) is 11.0. The van der Waals surface area contributed by atoms with E-state index in [1.807, 2.05) is 0 Å². The number of hydrogen-bond donors (Lipinski definition) is 1. The molecule has 0 bridgehead atoms. The van der Waals surface area contributed by atoms with Gasteiger partial charge in [-0.3, -0.25) is 0 Å². The van der Waals surface area contributed by atoms with Crippen molar-refractivity contribution < 1.29 is 0 Å². The number of H-pyrrole nitrogens is 1. The molecule has 80 valence electrons. The minimum atomic E-state index is 0.195. The van der Waals surface area contributed by atoms with Crippen LogP contribution in [0.4, 0.5) is 0 Å². The quantitative estimate of drug-likeness (QED) is 0.661. The lowest BCUT2D eigenvalue weighted by Crippen LogP contribution is -2.10. The van der Waals surface area contributed by atoms with Gasteiger partial charge in [0.15, 0.2) is 0 Å². The van der Waals surface area contributed by atoms with Gasteiger partial charge in [-0.1, -0.05) is 20.8 Å². The zero-order chi connectivity index (χ0) is 11.2. The van der Waals surface area contributed by atoms with Crippen LogP contribution in [0.15, 0.2) is 18.2 Å². The monoisotopic (exact) mass is 201 g/mol. The van der Waals surface area contributed by atoms with E-state index in [-0.39, 0.29) is 5.41 Å². The first kappa shape index (κ1) is 10.3. The van der Waals surface area contributed by atoms with Crippen molar-refractivity contribution in [2.45, 2.75) is 40.0 Å². The van der Waals surface area contributed by atoms with Crippen LogP contribution in [0.1, 0.15) is 37.6 Å². The van der Waals surface area contributed by atoms with Crippen LogP contribution in [0.25, 0.3) is 10.9 Å². The Morgan fingerprint density at radius 3 is 2.13 bits per heavy atom. The first-order valence-corrected chi connectivity index (χ1v) is 5.48. The number of nitrogens with one attached hydrogen (secondary N) is 1. The fraction of sp³-hybridized carbons (Fsp3) is 0.429. The highest BCUT2D eigenvalue weighted by Gasteiger charge is 2.16. The van der Waals surface area contributed by atoms with Crippen LogP contribution < -0.4 is 0 Å². The van der Waals surface area contributed by atoms with Crippen LogP contribution in [0.3, 0.4) is 0 Å². The second-order valence-corrected chi connectivity index (χ2v) is 5.46. The molecule has 0 aliphatic heterocycles. The lowest BCUT2D eigenvalue weighted by Gasteiger charge is -2.15. The van der Waals surface area contributed by atoms with Gasteiger partial charge in [0, 0.05) is 16.6 Å². The molecule has 0 unspecified atom stereocenters. The van der Waals surface area contributed by atoms with Gasteiger partial charge < -0.3 is 4.98 Å². The third kappa shape index (κ3) is 1.79. The van der Waals surface area contributed by atoms with E-state index in [9.17, 15) is 0 Å². The van der Waals surface area contributed by atoms with Crippen LogP contribution in [0.5, 0.6) is 0 Å². The molecule has 0 aliphatic carbocycles. The molecule has 0 saturated carbocycles. The van der Waals surface area contributed by atoms with E-state index in [0.717, 1.165) is 0 Å². The zero-order valence-corrected chi connectivity index (χ0v) is 10.2. The topological polar surface area (TPSA) is 15.8 Å². The fourth-order valence-electron chi connectivity index (χ4n) is 1.81. The van der Waals surface area contributed by atoms with Crippen LogP contribution in [-0.4, -0.2) is 4.98 Å². The SMILES string of the molecule is Cc1cc2cc(C(C)(C)C)[nH]c2cc1C. The highest BCUT2D eigenvalue weighted by atomic mass is 14.7. The molecule has 15 heavy (non-hydrogen) atoms. The maximum atomic E-state index is 3.50. The molecule has 0 saturated heterocycles. The molecule has 0 fully saturated rings. The highest BCUT2D eigenvalue weighted by Crippen LogP contribution is 2.27. The summed E-state index contributed by atoms with van der Waals surface area (Å²) in [5.74, 6) is 0. The van der Waals surface area contributed by atoms with Gasteiger partial charge in [0.2, 0.25) is 0 Å². The van der Waals surface area contributed by atoms with Crippen LogP contribution >= 0.6 is 0 Å². The maximum absolute atomic E-state index is 3.50. The summed E-state index contributed by atoms with van der Waals surface area (Å²) in [6.07, 6.45) is 0. The fourth-order valence-corrected chi connectivity index (χ4v) is 1.81. The molecule has 0 radical (unpaired) electrons. The molecule has 0 spiro atoms. The minimum absolute atomic E-state index is 0.195. The van der Waals surface area contributed by atoms with Gasteiger partial charge in [-0.2, -0.15) is 0 Å². The number of hydrogen-bond acceptors (Lipinski definition) is 0. The zero-order valence-electron chi connectivity index (χ0n) is 10.2. The molecule has 1 N–H and O–H groups in total. The van der Waals surface area contributed by atoms with Crippen molar-refractivity contribution in [2.75, 3.05) is 0 Å². The summed E-state index contributed by atoms with van der Waals surface area (Å²) >= 11 is 0. The van der Waals surface area contributed by atoms with Gasteiger partial charge in [-0.25, -0.2) is 0 Å². The molecule has 2 rings (SSSR count). The number of benzene rings is 1. The van der Waals surface area contributed by atoms with Gasteiger partial charge in [0.25, 0.3) is 0 Å². The van der Waals surface area contributed by atoms with Crippen LogP contribution in [-0.2, 0) is 5.41 Å². The van der Waals surface area contributed by atoms with Crippen molar-refractivity contribution in [1.29, 1.82) is 0 Å². The van der Waals surface area contributed by atoms with Crippen molar-refractivity contribution in [3.05, 3.63) is 35.0 Å². The predicted molar refractivity (Wildman–Crippen MR) is 66.5 cm³/mol. The molecule has 1 aromatic carbocycles. The molecule has 1 nitrogen and oxygen atoms in total. The Hall–Kier alpha value is -1.24. The normalized spacial score (nSPS) is 12.3. The second-order valence-electron chi connectivity index (χ2n) is 5.46. The first-order valence-electron chi connectivity index (χ1n) is 5.48. The van der Waals surface area contributed by atoms with Gasteiger partial charge >= 0.3 is 0 Å². The van der Waals surface area contributed by atoms with E-state index in [2.05, 4.69) is 57.8 Å². The van der Waals surface area contributed by atoms with Crippen molar-refractivity contribution in [3.8, 4) is 0 Å². The Morgan fingerprint density at radius 2 is 1.53 bits per heavy atom. The van der Waals surface area contributed by atoms with Crippen molar-refractivity contribution in [1.82, 2.24) is 4.98 Å². The molecule has 1 heterocycles. The summed E-state index contributed by atoms with van der Waals surface area (Å²) in [7, 11) is 0. The number of aromatic nitrogens is 1. The van der Waals surface area contributed by atoms with Gasteiger partial charge in [-0.05, 0) is 48.6 Å². The Balaban J connectivity index is 2.66. The lowest BCUT2D eigenvalue weighted by molar-refractivity contribution is 0.574. The Labute approximate surface area is 91.5 Å². The Bertz CT molecular complexity index is 459. The third-order valence-corrected chi connectivity index (χ3v) is 3.04. The molecule has 0 aliphatic rings. The van der Waals surface area contributed by atoms with E-state index < -0.39 is 0 Å². The largest absolute Gasteiger partial charge is 0.358 e. The van der Waals surface area contributed by atoms with E-state index >= 15 is 0 Å². The average molecular weight is 201 g/mol. The van der Waals surface area contributed by atoms with Crippen LogP contribution in [0.2, 0.25) is 0 Å². The highest BCUT2D eigenvalue weighted by molar-refractivity contribution is 5.82. The molecule has 2 aromatic rings. The summed E-state index contributed by atoms with van der Waals surface area (Å²) < 4.78 is 0. The maximum Gasteiger partial charge on any atom is 0.0459 e. The van der Waals surface area contributed by atoms with Crippen molar-refractivity contribution in [3.63, 3.8) is 0 Å². The lowest BCUT2D eigenvalue weighted by atomic mass is 9.92. The van der Waals surface area contributed by atoms with E-state index in [4.69, 9.17) is 0 Å². The predicted octanol–water partition coefficient (Wildman–Crippen LogP) is 4.08. The average Bonchev–Trinajstić information content (AvgIpc) is 2.47. The number of aryl methyl sites for hydroxylation is 2. The van der Waals surface area contributed by atoms with E-state index in [1.165, 1.54) is 27.7 Å². The van der Waals surface area contributed by atoms with E-state index in [1.54, 1.807) is 0 Å². The van der Waals surface area contributed by atoms with Crippen molar-refractivity contribution in [2.24, 2.45) is 0 Å². The summed E-state index contributed by atoms with van der Waals surface area (Å²) in [4.78, 5) is 3.50. The number of aromatic amines is 1. The molecule has 0 amide bonds. The number of fused-ring (bicyclic) bond motifs is 1. The second kappa shape index (κ2) is 3.13. The smallest absolute Gasteiger partial charge is 0.0459 e. The van der Waals surface area contributed by atoms with Gasteiger partial charge in [-0.15, -0.1) is 0 Å². The summed E-state index contributed by atoms with van der Waals surface area (Å²) in [6, 6.07) is 6.76. The van der Waals surface area contributed by atoms with Crippen molar-refractivity contribution >= 4 is 10.9 Å². The van der Waals surface area contributed by atoms with Gasteiger partial charge in [0.1, 0.15) is 0 Å². The van der Waals surface area contributed by atoms with E-state index in [0.29, 0.717) is 0 Å². The first-order chi connectivity index (χ1) is 6.88. The Kier molecular flexibility index (Phi) is 2.14. The summed E-state index contributed by atoms with van der Waals surface area (Å²) in [5.41, 5.74) is 5.47. The third-order valence-electron chi connectivity index (χ3n) is 3.04. The van der Waals surface area contributed by atoms with Gasteiger partial charge in [0.05, 0.1) is 0 Å². The standard InChI is InChI=1S/C14H19N/c1-9-6-11-8-13(14(3,4)5)15-12(11)7-10(9)2/h6-8,15H,1-5H3. The Morgan fingerprint density at radius 1 is 0.933 bits per heavy atom. The van der Waals surface area contributed by atoms with Crippen LogP contribution in [0, 0.1) is 13.8 Å². The molecular weight excluding hydrogens is 182 g/mol. The number of rotatable bonds is 0. The summed E-state index contributed by atoms with van der Waals surface area (Å²) in [5, 5.41) is 1.32. The minimum Gasteiger partial charge on any atom is -0.358 e. The molecule has 0 atom stereocenters. The molecule has 1 aromatic heterocycles. The molecule has 1 heteroatoms. The molecular formula is C14H19N.